The minimum Gasteiger partial charge on any atom is -0.460 e. The fourth-order valence-corrected chi connectivity index (χ4v) is 2.27. The van der Waals surface area contributed by atoms with Crippen LogP contribution in [0.4, 0.5) is 4.39 Å². The lowest BCUT2D eigenvalue weighted by atomic mass is 10.1. The van der Waals surface area contributed by atoms with Crippen LogP contribution in [0.1, 0.15) is 19.6 Å². The van der Waals surface area contributed by atoms with Crippen LogP contribution in [0, 0.1) is 5.82 Å². The number of furan rings is 1. The fourth-order valence-electron chi connectivity index (χ4n) is 2.27. The third kappa shape index (κ3) is 4.41. The van der Waals surface area contributed by atoms with E-state index >= 15 is 0 Å². The molecule has 4 heteroatoms. The summed E-state index contributed by atoms with van der Waals surface area (Å²) in [5.41, 5.74) is 0.506. The lowest BCUT2D eigenvalue weighted by molar-refractivity contribution is 0.300. The van der Waals surface area contributed by atoms with E-state index in [0.717, 1.165) is 31.9 Å². The smallest absolute Gasteiger partial charge is 0.137 e. The van der Waals surface area contributed by atoms with Crippen molar-refractivity contribution in [2.45, 2.75) is 20.4 Å². The monoisotopic (exact) mass is 290 g/mol. The van der Waals surface area contributed by atoms with Crippen LogP contribution in [0.25, 0.3) is 11.3 Å². The van der Waals surface area contributed by atoms with Crippen molar-refractivity contribution in [2.24, 2.45) is 0 Å². The highest BCUT2D eigenvalue weighted by molar-refractivity contribution is 5.58. The van der Waals surface area contributed by atoms with Crippen molar-refractivity contribution in [3.63, 3.8) is 0 Å². The Morgan fingerprint density at radius 3 is 2.57 bits per heavy atom. The van der Waals surface area contributed by atoms with Crippen LogP contribution < -0.4 is 5.32 Å². The SMILES string of the molecule is CCN(CC)CCNCc1ccc(-c2ccccc2F)o1. The van der Waals surface area contributed by atoms with Gasteiger partial charge in [-0.3, -0.25) is 0 Å². The second kappa shape index (κ2) is 7.96. The van der Waals surface area contributed by atoms with Crippen molar-refractivity contribution in [1.82, 2.24) is 10.2 Å². The molecule has 0 aliphatic heterocycles. The summed E-state index contributed by atoms with van der Waals surface area (Å²) >= 11 is 0. The second-order valence-corrected chi connectivity index (χ2v) is 4.95. The van der Waals surface area contributed by atoms with Gasteiger partial charge in [0.05, 0.1) is 12.1 Å². The van der Waals surface area contributed by atoms with Crippen LogP contribution >= 0.6 is 0 Å². The number of halogens is 1. The molecule has 0 atom stereocenters. The quantitative estimate of drug-likeness (QED) is 0.754. The van der Waals surface area contributed by atoms with Crippen LogP contribution in [0.3, 0.4) is 0 Å². The number of benzene rings is 1. The molecule has 1 heterocycles. The van der Waals surface area contributed by atoms with E-state index in [4.69, 9.17) is 4.42 Å². The van der Waals surface area contributed by atoms with Gasteiger partial charge in [0, 0.05) is 13.1 Å². The predicted octanol–water partition coefficient (Wildman–Crippen LogP) is 3.52. The Kier molecular flexibility index (Phi) is 5.96. The molecule has 1 N–H and O–H groups in total. The van der Waals surface area contributed by atoms with Crippen LogP contribution in [-0.2, 0) is 6.54 Å². The van der Waals surface area contributed by atoms with Gasteiger partial charge in [0.2, 0.25) is 0 Å². The van der Waals surface area contributed by atoms with Crippen LogP contribution in [-0.4, -0.2) is 31.1 Å². The predicted molar refractivity (Wildman–Crippen MR) is 83.6 cm³/mol. The van der Waals surface area contributed by atoms with Crippen molar-refractivity contribution in [3.05, 3.63) is 48.0 Å². The molecule has 2 aromatic rings. The molecule has 0 spiro atoms. The maximum Gasteiger partial charge on any atom is 0.137 e. The summed E-state index contributed by atoms with van der Waals surface area (Å²) in [5, 5.41) is 3.35. The molecule has 0 bridgehead atoms. The lowest BCUT2D eigenvalue weighted by Crippen LogP contribution is -2.31. The van der Waals surface area contributed by atoms with E-state index < -0.39 is 0 Å². The first-order chi connectivity index (χ1) is 10.2. The molecule has 0 amide bonds. The van der Waals surface area contributed by atoms with Crippen molar-refractivity contribution in [2.75, 3.05) is 26.2 Å². The zero-order valence-corrected chi connectivity index (χ0v) is 12.7. The fraction of sp³-hybridized carbons (Fsp3) is 0.412. The number of likely N-dealkylation sites (N-methyl/N-ethyl adjacent to an activating group) is 1. The number of nitrogens with one attached hydrogen (secondary N) is 1. The van der Waals surface area contributed by atoms with Gasteiger partial charge in [-0.25, -0.2) is 4.39 Å². The summed E-state index contributed by atoms with van der Waals surface area (Å²) in [6.07, 6.45) is 0. The standard InChI is InChI=1S/C17H23FN2O/c1-3-20(4-2)12-11-19-13-14-9-10-17(21-14)15-7-5-6-8-16(15)18/h5-10,19H,3-4,11-13H2,1-2H3. The highest BCUT2D eigenvalue weighted by atomic mass is 19.1. The highest BCUT2D eigenvalue weighted by Gasteiger charge is 2.08. The first kappa shape index (κ1) is 15.7. The first-order valence-corrected chi connectivity index (χ1v) is 7.51. The second-order valence-electron chi connectivity index (χ2n) is 4.95. The average Bonchev–Trinajstić information content (AvgIpc) is 2.96. The average molecular weight is 290 g/mol. The van der Waals surface area contributed by atoms with Gasteiger partial charge in [0.25, 0.3) is 0 Å². The maximum absolute atomic E-state index is 13.7. The van der Waals surface area contributed by atoms with E-state index in [9.17, 15) is 4.39 Å². The van der Waals surface area contributed by atoms with Crippen molar-refractivity contribution >= 4 is 0 Å². The Morgan fingerprint density at radius 2 is 1.86 bits per heavy atom. The number of nitrogens with zero attached hydrogens (tertiary/aromatic N) is 1. The Labute approximate surface area is 125 Å². The Morgan fingerprint density at radius 1 is 1.10 bits per heavy atom. The summed E-state index contributed by atoms with van der Waals surface area (Å²) in [6.45, 7) is 9.06. The van der Waals surface area contributed by atoms with Gasteiger partial charge < -0.3 is 14.6 Å². The number of hydrogen-bond donors (Lipinski definition) is 1. The van der Waals surface area contributed by atoms with Gasteiger partial charge in [-0.1, -0.05) is 26.0 Å². The summed E-state index contributed by atoms with van der Waals surface area (Å²) in [6, 6.07) is 10.4. The van der Waals surface area contributed by atoms with Gasteiger partial charge in [-0.15, -0.1) is 0 Å². The zero-order chi connectivity index (χ0) is 15.1. The van der Waals surface area contributed by atoms with Crippen molar-refractivity contribution < 1.29 is 8.81 Å². The molecule has 1 aromatic carbocycles. The van der Waals surface area contributed by atoms with Crippen LogP contribution in [0.15, 0.2) is 40.8 Å². The van der Waals surface area contributed by atoms with Crippen LogP contribution in [0.5, 0.6) is 0 Å². The van der Waals surface area contributed by atoms with E-state index in [1.54, 1.807) is 12.1 Å². The van der Waals surface area contributed by atoms with Gasteiger partial charge in [-0.2, -0.15) is 0 Å². The molecule has 0 unspecified atom stereocenters. The van der Waals surface area contributed by atoms with E-state index in [-0.39, 0.29) is 5.82 Å². The van der Waals surface area contributed by atoms with E-state index in [1.807, 2.05) is 18.2 Å². The van der Waals surface area contributed by atoms with Gasteiger partial charge in [0.1, 0.15) is 17.3 Å². The third-order valence-corrected chi connectivity index (χ3v) is 3.60. The van der Waals surface area contributed by atoms with E-state index in [2.05, 4.69) is 24.1 Å². The molecule has 0 radical (unpaired) electrons. The first-order valence-electron chi connectivity index (χ1n) is 7.51. The molecule has 0 aliphatic carbocycles. The number of rotatable bonds is 8. The lowest BCUT2D eigenvalue weighted by Gasteiger charge is -2.17. The molecule has 114 valence electrons. The summed E-state index contributed by atoms with van der Waals surface area (Å²) in [4.78, 5) is 2.36. The third-order valence-electron chi connectivity index (χ3n) is 3.60. The molecule has 0 saturated heterocycles. The molecular formula is C17H23FN2O. The van der Waals surface area contributed by atoms with Crippen molar-refractivity contribution in [3.8, 4) is 11.3 Å². The molecule has 0 saturated carbocycles. The minimum atomic E-state index is -0.257. The topological polar surface area (TPSA) is 28.4 Å². The highest BCUT2D eigenvalue weighted by Crippen LogP contribution is 2.24. The Balaban J connectivity index is 1.85. The largest absolute Gasteiger partial charge is 0.460 e. The van der Waals surface area contributed by atoms with E-state index in [0.29, 0.717) is 17.9 Å². The molecule has 0 aliphatic rings. The summed E-state index contributed by atoms with van der Waals surface area (Å²) in [5.74, 6) is 1.15. The van der Waals surface area contributed by atoms with Crippen molar-refractivity contribution in [1.29, 1.82) is 0 Å². The maximum atomic E-state index is 13.7. The summed E-state index contributed by atoms with van der Waals surface area (Å²) in [7, 11) is 0. The molecule has 1 aromatic heterocycles. The Bertz CT molecular complexity index is 549. The normalized spacial score (nSPS) is 11.2. The number of hydrogen-bond acceptors (Lipinski definition) is 3. The molecular weight excluding hydrogens is 267 g/mol. The molecule has 21 heavy (non-hydrogen) atoms. The molecule has 0 fully saturated rings. The zero-order valence-electron chi connectivity index (χ0n) is 12.7. The van der Waals surface area contributed by atoms with E-state index in [1.165, 1.54) is 6.07 Å². The minimum absolute atomic E-state index is 0.257. The van der Waals surface area contributed by atoms with Gasteiger partial charge in [-0.05, 0) is 37.4 Å². The summed E-state index contributed by atoms with van der Waals surface area (Å²) < 4.78 is 19.4. The molecule has 2 rings (SSSR count). The Hall–Kier alpha value is -1.65. The van der Waals surface area contributed by atoms with Gasteiger partial charge >= 0.3 is 0 Å². The van der Waals surface area contributed by atoms with Gasteiger partial charge in [0.15, 0.2) is 0 Å². The van der Waals surface area contributed by atoms with Crippen LogP contribution in [0.2, 0.25) is 0 Å². The molecule has 3 nitrogen and oxygen atoms in total.